The molecular weight excluding hydrogens is 588 g/mol. The fourth-order valence-electron chi connectivity index (χ4n) is 3.46. The first kappa shape index (κ1) is 40.5. The minimum absolute atomic E-state index is 0. The molecule has 3 rings (SSSR count). The van der Waals surface area contributed by atoms with E-state index in [4.69, 9.17) is 46.4 Å². The smallest absolute Gasteiger partial charge is 0.0656 e. The Morgan fingerprint density at radius 2 is 0.719 bits per heavy atom. The maximum atomic E-state index is 6.63. The molecular formula is C18H34Cl8N4O2. The number of likely N-dealkylation sites (N-methyl/N-ethyl adjacent to an activating group) is 2. The Bertz CT molecular complexity index is 574. The number of nitrogens with zero attached hydrogens (tertiary/aromatic N) is 4. The lowest BCUT2D eigenvalue weighted by Gasteiger charge is -2.34. The van der Waals surface area contributed by atoms with Gasteiger partial charge in [-0.1, -0.05) is 46.4 Å². The van der Waals surface area contributed by atoms with Crippen molar-refractivity contribution in [3.8, 4) is 0 Å². The molecule has 0 saturated carbocycles. The summed E-state index contributed by atoms with van der Waals surface area (Å²) in [7, 11) is 4.27. The fourth-order valence-corrected chi connectivity index (χ4v) is 4.63. The van der Waals surface area contributed by atoms with Gasteiger partial charge in [0.25, 0.3) is 0 Å². The largest absolute Gasteiger partial charge is 0.412 e. The quantitative estimate of drug-likeness (QED) is 0.479. The Labute approximate surface area is 236 Å². The van der Waals surface area contributed by atoms with Crippen molar-refractivity contribution >= 4 is 96.0 Å². The van der Waals surface area contributed by atoms with Crippen LogP contribution in [0.15, 0.2) is 0 Å². The van der Waals surface area contributed by atoms with Crippen molar-refractivity contribution in [2.45, 2.75) is 13.1 Å². The van der Waals surface area contributed by atoms with Crippen LogP contribution in [0.2, 0.25) is 20.1 Å². The van der Waals surface area contributed by atoms with E-state index in [0.717, 1.165) is 63.5 Å². The van der Waals surface area contributed by atoms with E-state index in [-0.39, 0.29) is 60.6 Å². The number of rotatable bonds is 4. The average Bonchev–Trinajstić information content (AvgIpc) is 2.64. The first-order chi connectivity index (χ1) is 12.4. The van der Waals surface area contributed by atoms with E-state index in [0.29, 0.717) is 33.2 Å². The number of halogens is 8. The summed E-state index contributed by atoms with van der Waals surface area (Å²) in [5.41, 5.74) is 1.69. The number of hydrogen-bond donors (Lipinski definition) is 0. The summed E-state index contributed by atoms with van der Waals surface area (Å²) in [5, 5.41) is 2.18. The van der Waals surface area contributed by atoms with E-state index in [1.54, 1.807) is 0 Å². The van der Waals surface area contributed by atoms with Gasteiger partial charge in [-0.25, -0.2) is 0 Å². The van der Waals surface area contributed by atoms with Crippen molar-refractivity contribution in [2.24, 2.45) is 0 Å². The third-order valence-electron chi connectivity index (χ3n) is 5.40. The van der Waals surface area contributed by atoms with Crippen LogP contribution in [0.25, 0.3) is 0 Å². The molecule has 32 heavy (non-hydrogen) atoms. The lowest BCUT2D eigenvalue weighted by atomic mass is 10.1. The maximum Gasteiger partial charge on any atom is 0.0656 e. The first-order valence-electron chi connectivity index (χ1n) is 9.02. The monoisotopic (exact) mass is 618 g/mol. The predicted octanol–water partition coefficient (Wildman–Crippen LogP) is 3.83. The van der Waals surface area contributed by atoms with Crippen molar-refractivity contribution in [3.05, 3.63) is 31.2 Å². The van der Waals surface area contributed by atoms with E-state index in [9.17, 15) is 0 Å². The predicted molar refractivity (Wildman–Crippen MR) is 148 cm³/mol. The number of benzene rings is 1. The maximum absolute atomic E-state index is 6.63. The molecule has 0 unspecified atom stereocenters. The normalized spacial score (nSPS) is 17.4. The van der Waals surface area contributed by atoms with Crippen LogP contribution in [0.1, 0.15) is 11.1 Å². The minimum Gasteiger partial charge on any atom is -0.412 e. The number of hydrogen-bond acceptors (Lipinski definition) is 4. The Morgan fingerprint density at radius 1 is 0.500 bits per heavy atom. The molecule has 2 fully saturated rings. The van der Waals surface area contributed by atoms with Crippen LogP contribution < -0.4 is 0 Å². The summed E-state index contributed by atoms with van der Waals surface area (Å²) < 4.78 is 0. The number of piperazine rings is 2. The zero-order chi connectivity index (χ0) is 18.8. The van der Waals surface area contributed by atoms with E-state index in [2.05, 4.69) is 33.7 Å². The first-order valence-corrected chi connectivity index (χ1v) is 10.5. The lowest BCUT2D eigenvalue weighted by molar-refractivity contribution is 0.147. The van der Waals surface area contributed by atoms with E-state index < -0.39 is 0 Å². The van der Waals surface area contributed by atoms with Gasteiger partial charge < -0.3 is 20.8 Å². The average molecular weight is 622 g/mol. The molecule has 0 atom stereocenters. The third-order valence-corrected chi connectivity index (χ3v) is 7.26. The molecule has 0 radical (unpaired) electrons. The Balaban J connectivity index is -0.000000653. The molecule has 1 aromatic rings. The summed E-state index contributed by atoms with van der Waals surface area (Å²) >= 11 is 26.5. The molecule has 0 spiro atoms. The van der Waals surface area contributed by atoms with Crippen molar-refractivity contribution in [1.29, 1.82) is 0 Å². The summed E-state index contributed by atoms with van der Waals surface area (Å²) in [5.74, 6) is 0. The van der Waals surface area contributed by atoms with Crippen LogP contribution in [-0.2, 0) is 13.1 Å². The lowest BCUT2D eigenvalue weighted by Crippen LogP contribution is -2.44. The van der Waals surface area contributed by atoms with E-state index >= 15 is 0 Å². The third kappa shape index (κ3) is 10.1. The molecule has 194 valence electrons. The summed E-state index contributed by atoms with van der Waals surface area (Å²) in [6, 6.07) is 0. The Kier molecular flexibility index (Phi) is 23.5. The minimum atomic E-state index is 0. The highest BCUT2D eigenvalue weighted by Crippen LogP contribution is 2.42. The van der Waals surface area contributed by atoms with Crippen molar-refractivity contribution < 1.29 is 11.0 Å². The van der Waals surface area contributed by atoms with Gasteiger partial charge >= 0.3 is 0 Å². The molecule has 0 bridgehead atoms. The van der Waals surface area contributed by atoms with Gasteiger partial charge in [0.05, 0.1) is 20.1 Å². The SMILES string of the molecule is CN1CCN(Cc2c(Cl)c(Cl)c(CN3CCN(C)CC3)c(Cl)c2Cl)CC1.Cl.Cl.Cl.Cl.O.O. The van der Waals surface area contributed by atoms with Gasteiger partial charge in [0.2, 0.25) is 0 Å². The fraction of sp³-hybridized carbons (Fsp3) is 0.667. The van der Waals surface area contributed by atoms with Gasteiger partial charge in [-0.05, 0) is 14.1 Å². The molecule has 4 N–H and O–H groups in total. The molecule has 2 aliphatic rings. The van der Waals surface area contributed by atoms with Crippen molar-refractivity contribution in [1.82, 2.24) is 19.6 Å². The van der Waals surface area contributed by atoms with Crippen LogP contribution >= 0.6 is 96.0 Å². The summed E-state index contributed by atoms with van der Waals surface area (Å²) in [6.45, 7) is 9.47. The second kappa shape index (κ2) is 18.6. The van der Waals surface area contributed by atoms with Crippen LogP contribution in [-0.4, -0.2) is 97.0 Å². The van der Waals surface area contributed by atoms with Gasteiger partial charge in [-0.3, -0.25) is 9.80 Å². The summed E-state index contributed by atoms with van der Waals surface area (Å²) in [6.07, 6.45) is 0. The van der Waals surface area contributed by atoms with Gasteiger partial charge in [0.1, 0.15) is 0 Å². The van der Waals surface area contributed by atoms with Crippen LogP contribution in [0.5, 0.6) is 0 Å². The molecule has 2 heterocycles. The van der Waals surface area contributed by atoms with Crippen molar-refractivity contribution in [3.63, 3.8) is 0 Å². The van der Waals surface area contributed by atoms with Crippen LogP contribution in [0.3, 0.4) is 0 Å². The zero-order valence-electron chi connectivity index (χ0n) is 18.0. The molecule has 6 nitrogen and oxygen atoms in total. The summed E-state index contributed by atoms with van der Waals surface area (Å²) in [4.78, 5) is 9.33. The van der Waals surface area contributed by atoms with Crippen molar-refractivity contribution in [2.75, 3.05) is 66.5 Å². The van der Waals surface area contributed by atoms with Gasteiger partial charge in [0.15, 0.2) is 0 Å². The van der Waals surface area contributed by atoms with Crippen LogP contribution in [0, 0.1) is 0 Å². The Hall–Kier alpha value is 1.30. The standard InChI is InChI=1S/C18H26Cl4N4.4ClH.2H2O/c1-23-3-7-25(8-4-23)11-13-15(19)17(21)14(18(22)16(13)20)12-26-9-5-24(2)6-10-26;;;;;;/h3-12H2,1-2H3;4*1H;2*1H2. The molecule has 14 heteroatoms. The molecule has 2 saturated heterocycles. The highest BCUT2D eigenvalue weighted by Gasteiger charge is 2.25. The van der Waals surface area contributed by atoms with E-state index in [1.807, 2.05) is 0 Å². The zero-order valence-corrected chi connectivity index (χ0v) is 24.3. The topological polar surface area (TPSA) is 76.0 Å². The molecule has 2 aliphatic heterocycles. The Morgan fingerprint density at radius 3 is 0.938 bits per heavy atom. The molecule has 1 aromatic carbocycles. The van der Waals surface area contributed by atoms with Gasteiger partial charge in [-0.2, -0.15) is 0 Å². The van der Waals surface area contributed by atoms with Gasteiger partial charge in [-0.15, -0.1) is 49.6 Å². The van der Waals surface area contributed by atoms with E-state index in [1.165, 1.54) is 0 Å². The highest BCUT2D eigenvalue weighted by molar-refractivity contribution is 6.48. The molecule has 0 aliphatic carbocycles. The molecule has 0 amide bonds. The molecule has 0 aromatic heterocycles. The second-order valence-corrected chi connectivity index (χ2v) is 8.88. The van der Waals surface area contributed by atoms with Crippen LogP contribution in [0.4, 0.5) is 0 Å². The van der Waals surface area contributed by atoms with Gasteiger partial charge in [0, 0.05) is 76.6 Å². The second-order valence-electron chi connectivity index (χ2n) is 7.37. The highest BCUT2D eigenvalue weighted by atomic mass is 35.5.